The highest BCUT2D eigenvalue weighted by Gasteiger charge is 2.30. The van der Waals surface area contributed by atoms with Gasteiger partial charge in [-0.05, 0) is 48.2 Å². The number of hydrogen-bond donors (Lipinski definition) is 2. The number of carbonyl (C=O) groups excluding carboxylic acids is 1. The van der Waals surface area contributed by atoms with Crippen LogP contribution in [0.5, 0.6) is 11.5 Å². The number of aromatic nitrogens is 5. The van der Waals surface area contributed by atoms with Crippen LogP contribution >= 0.6 is 0 Å². The van der Waals surface area contributed by atoms with E-state index in [2.05, 4.69) is 72.5 Å². The number of urea groups is 1. The van der Waals surface area contributed by atoms with Gasteiger partial charge >= 0.3 is 6.03 Å². The van der Waals surface area contributed by atoms with Gasteiger partial charge in [0.05, 0.1) is 36.8 Å². The van der Waals surface area contributed by atoms with Crippen molar-refractivity contribution in [2.24, 2.45) is 0 Å². The zero-order chi connectivity index (χ0) is 35.5. The third-order valence-electron chi connectivity index (χ3n) is 9.50. The number of fused-ring (bicyclic) bond motifs is 2. The summed E-state index contributed by atoms with van der Waals surface area (Å²) in [5.74, 6) is 3.21. The third-order valence-corrected chi connectivity index (χ3v) is 9.50. The SMILES string of the molecule is CC(C)c1nnc2ccc(O[C@@H]3CC[C@H](NC(=O)Nc4cc(C(C)(C)C)nn4-c4cccc(OCCN5CCOCC5)c4)c4ccccc43)cn12. The molecule has 51 heavy (non-hydrogen) atoms. The summed E-state index contributed by atoms with van der Waals surface area (Å²) in [5, 5.41) is 19.9. The number of amides is 2. The Morgan fingerprint density at radius 1 is 0.961 bits per heavy atom. The summed E-state index contributed by atoms with van der Waals surface area (Å²) < 4.78 is 21.9. The molecule has 3 aromatic heterocycles. The first-order valence-corrected chi connectivity index (χ1v) is 17.9. The topological polar surface area (TPSA) is 120 Å². The Morgan fingerprint density at radius 3 is 2.55 bits per heavy atom. The summed E-state index contributed by atoms with van der Waals surface area (Å²) in [6, 6.07) is 21.4. The Bertz CT molecular complexity index is 1970. The first kappa shape index (κ1) is 34.5. The zero-order valence-corrected chi connectivity index (χ0v) is 30.1. The molecule has 7 rings (SSSR count). The lowest BCUT2D eigenvalue weighted by atomic mass is 9.85. The first-order valence-electron chi connectivity index (χ1n) is 17.9. The number of pyridine rings is 1. The Morgan fingerprint density at radius 2 is 1.76 bits per heavy atom. The third kappa shape index (κ3) is 7.87. The van der Waals surface area contributed by atoms with E-state index in [9.17, 15) is 4.79 Å². The summed E-state index contributed by atoms with van der Waals surface area (Å²) in [5.41, 5.74) is 4.34. The molecule has 0 spiro atoms. The molecule has 0 radical (unpaired) electrons. The van der Waals surface area contributed by atoms with Crippen LogP contribution in [0, 0.1) is 0 Å². The molecule has 0 unspecified atom stereocenters. The van der Waals surface area contributed by atoms with Crippen molar-refractivity contribution in [2.45, 2.75) is 70.9 Å². The molecule has 268 valence electrons. The number of anilines is 1. The minimum atomic E-state index is -0.298. The second kappa shape index (κ2) is 14.7. The minimum Gasteiger partial charge on any atom is -0.492 e. The molecule has 1 saturated heterocycles. The van der Waals surface area contributed by atoms with Gasteiger partial charge in [0.1, 0.15) is 35.9 Å². The molecule has 2 aliphatic rings. The number of benzene rings is 2. The molecule has 1 aliphatic heterocycles. The van der Waals surface area contributed by atoms with Crippen LogP contribution in [-0.2, 0) is 10.2 Å². The highest BCUT2D eigenvalue weighted by Crippen LogP contribution is 2.39. The summed E-state index contributed by atoms with van der Waals surface area (Å²) in [4.78, 5) is 16.0. The van der Waals surface area contributed by atoms with Crippen molar-refractivity contribution in [2.75, 3.05) is 44.8 Å². The predicted molar refractivity (Wildman–Crippen MR) is 196 cm³/mol. The predicted octanol–water partition coefficient (Wildman–Crippen LogP) is 6.82. The number of morpholine rings is 1. The largest absolute Gasteiger partial charge is 0.492 e. The molecular formula is C39H48N8O4. The number of nitrogens with zero attached hydrogens (tertiary/aromatic N) is 6. The van der Waals surface area contributed by atoms with Crippen LogP contribution in [-0.4, -0.2) is 74.8 Å². The second-order valence-corrected chi connectivity index (χ2v) is 14.6. The van der Waals surface area contributed by atoms with Crippen LogP contribution < -0.4 is 20.1 Å². The molecule has 2 N–H and O–H groups in total. The van der Waals surface area contributed by atoms with Crippen LogP contribution in [0.15, 0.2) is 72.9 Å². The summed E-state index contributed by atoms with van der Waals surface area (Å²) >= 11 is 0. The molecule has 1 fully saturated rings. The highest BCUT2D eigenvalue weighted by molar-refractivity contribution is 5.89. The molecule has 2 amide bonds. The molecule has 4 heterocycles. The van der Waals surface area contributed by atoms with Crippen molar-refractivity contribution in [3.8, 4) is 17.2 Å². The summed E-state index contributed by atoms with van der Waals surface area (Å²) in [7, 11) is 0. The van der Waals surface area contributed by atoms with E-state index < -0.39 is 0 Å². The van der Waals surface area contributed by atoms with Gasteiger partial charge in [0.15, 0.2) is 5.65 Å². The number of ether oxygens (including phenoxy) is 3. The van der Waals surface area contributed by atoms with Gasteiger partial charge in [-0.25, -0.2) is 9.48 Å². The van der Waals surface area contributed by atoms with Crippen LogP contribution in [0.25, 0.3) is 11.3 Å². The van der Waals surface area contributed by atoms with Gasteiger partial charge in [-0.1, -0.05) is 65.0 Å². The Labute approximate surface area is 299 Å². The smallest absolute Gasteiger partial charge is 0.320 e. The van der Waals surface area contributed by atoms with Gasteiger partial charge in [0, 0.05) is 43.1 Å². The highest BCUT2D eigenvalue weighted by atomic mass is 16.5. The number of nitrogens with one attached hydrogen (secondary N) is 2. The van der Waals surface area contributed by atoms with Crippen molar-refractivity contribution >= 4 is 17.5 Å². The van der Waals surface area contributed by atoms with Gasteiger partial charge < -0.3 is 19.5 Å². The molecular weight excluding hydrogens is 644 g/mol. The maximum Gasteiger partial charge on any atom is 0.320 e. The zero-order valence-electron chi connectivity index (χ0n) is 30.1. The molecule has 2 atom stereocenters. The first-order chi connectivity index (χ1) is 24.6. The average Bonchev–Trinajstić information content (AvgIpc) is 3.75. The number of hydrogen-bond acceptors (Lipinski definition) is 8. The van der Waals surface area contributed by atoms with Gasteiger partial charge in [0.2, 0.25) is 0 Å². The van der Waals surface area contributed by atoms with Crippen LogP contribution in [0.3, 0.4) is 0 Å². The van der Waals surface area contributed by atoms with E-state index in [1.165, 1.54) is 0 Å². The maximum absolute atomic E-state index is 13.7. The minimum absolute atomic E-state index is 0.155. The maximum atomic E-state index is 13.7. The van der Waals surface area contributed by atoms with Gasteiger partial charge in [0.25, 0.3) is 0 Å². The van der Waals surface area contributed by atoms with E-state index in [-0.39, 0.29) is 29.5 Å². The van der Waals surface area contributed by atoms with E-state index >= 15 is 0 Å². The molecule has 12 nitrogen and oxygen atoms in total. The fourth-order valence-corrected chi connectivity index (χ4v) is 6.71. The molecule has 5 aromatic rings. The van der Waals surface area contributed by atoms with E-state index in [1.54, 1.807) is 4.68 Å². The summed E-state index contributed by atoms with van der Waals surface area (Å²) in [6.07, 6.45) is 3.27. The monoisotopic (exact) mass is 692 g/mol. The quantitative estimate of drug-likeness (QED) is 0.164. The Balaban J connectivity index is 1.05. The van der Waals surface area contributed by atoms with Gasteiger partial charge in [-0.15, -0.1) is 10.2 Å². The van der Waals surface area contributed by atoms with E-state index in [4.69, 9.17) is 19.3 Å². The standard InChI is InChI=1S/C39H48N8O4/c1-26(2)37-43-42-35-16-13-29(25-46(35)37)51-33-15-14-32(30-11-6-7-12-31(30)33)40-38(48)41-36-24-34(39(3,4)5)44-47(36)27-9-8-10-28(23-27)50-22-19-45-17-20-49-21-18-45/h6-13,16,23-26,32-33H,14-15,17-22H2,1-5H3,(H2,40,41,48)/t32-,33+/m0/s1. The Hall–Kier alpha value is -4.94. The molecule has 1 aliphatic carbocycles. The average molecular weight is 693 g/mol. The molecule has 12 heteroatoms. The van der Waals surface area contributed by atoms with Gasteiger partial charge in [-0.3, -0.25) is 14.6 Å². The van der Waals surface area contributed by atoms with Crippen LogP contribution in [0.2, 0.25) is 0 Å². The van der Waals surface area contributed by atoms with Crippen molar-refractivity contribution in [1.29, 1.82) is 0 Å². The lowest BCUT2D eigenvalue weighted by Crippen LogP contribution is -2.38. The fraction of sp³-hybridized carbons (Fsp3) is 0.436. The van der Waals surface area contributed by atoms with Crippen molar-refractivity contribution < 1.29 is 19.0 Å². The van der Waals surface area contributed by atoms with E-state index in [1.807, 2.05) is 65.2 Å². The number of rotatable bonds is 10. The van der Waals surface area contributed by atoms with Crippen molar-refractivity contribution in [3.63, 3.8) is 0 Å². The van der Waals surface area contributed by atoms with Crippen LogP contribution in [0.4, 0.5) is 10.6 Å². The lowest BCUT2D eigenvalue weighted by Gasteiger charge is -2.32. The van der Waals surface area contributed by atoms with Crippen molar-refractivity contribution in [1.82, 2.24) is 34.6 Å². The summed E-state index contributed by atoms with van der Waals surface area (Å²) in [6.45, 7) is 15.3. The lowest BCUT2D eigenvalue weighted by molar-refractivity contribution is 0.0322. The fourth-order valence-electron chi connectivity index (χ4n) is 6.71. The van der Waals surface area contributed by atoms with Crippen LogP contribution in [0.1, 0.15) is 88.2 Å². The molecule has 0 bridgehead atoms. The Kier molecular flexibility index (Phi) is 9.97. The van der Waals surface area contributed by atoms with E-state index in [0.29, 0.717) is 12.4 Å². The molecule has 2 aromatic carbocycles. The van der Waals surface area contributed by atoms with Gasteiger partial charge in [-0.2, -0.15) is 5.10 Å². The van der Waals surface area contributed by atoms with E-state index in [0.717, 1.165) is 91.2 Å². The molecule has 0 saturated carbocycles. The second-order valence-electron chi connectivity index (χ2n) is 14.6. The van der Waals surface area contributed by atoms with Crippen molar-refractivity contribution in [3.05, 3.63) is 95.6 Å². The number of carbonyl (C=O) groups is 1. The normalized spacial score (nSPS) is 18.1.